The van der Waals surface area contributed by atoms with Crippen LogP contribution in [0.3, 0.4) is 0 Å². The Morgan fingerprint density at radius 3 is 1.74 bits per heavy atom. The molecule has 0 aliphatic carbocycles. The largest absolute Gasteiger partial charge is 0.392 e. The lowest BCUT2D eigenvalue weighted by Crippen LogP contribution is -2.12. The van der Waals surface area contributed by atoms with Gasteiger partial charge < -0.3 is 9.84 Å². The highest BCUT2D eigenvalue weighted by molar-refractivity contribution is 5.46. The highest BCUT2D eigenvalue weighted by atomic mass is 16.6. The van der Waals surface area contributed by atoms with Crippen LogP contribution in [0.4, 0.5) is 0 Å². The van der Waals surface area contributed by atoms with E-state index in [1.54, 1.807) is 0 Å². The van der Waals surface area contributed by atoms with Gasteiger partial charge in [0.05, 0.1) is 6.61 Å². The van der Waals surface area contributed by atoms with Gasteiger partial charge in [0.1, 0.15) is 11.7 Å². The van der Waals surface area contributed by atoms with Gasteiger partial charge in [0.2, 0.25) is 0 Å². The van der Waals surface area contributed by atoms with Crippen molar-refractivity contribution in [3.8, 4) is 0 Å². The first-order valence-electron chi connectivity index (χ1n) is 7.83. The molecule has 0 radical (unpaired) electrons. The Bertz CT molecular complexity index is 740. The lowest BCUT2D eigenvalue weighted by Gasteiger charge is -2.14. The highest BCUT2D eigenvalue weighted by Crippen LogP contribution is 2.60. The summed E-state index contributed by atoms with van der Waals surface area (Å²) in [5, 5.41) is 9.21. The molecular weight excluding hydrogens is 284 g/mol. The van der Waals surface area contributed by atoms with E-state index < -0.39 is 5.60 Å². The summed E-state index contributed by atoms with van der Waals surface area (Å²) in [5.74, 6) is 0. The number of hydrogen-bond donors (Lipinski definition) is 1. The molecule has 1 fully saturated rings. The van der Waals surface area contributed by atoms with Crippen LogP contribution in [0.15, 0.2) is 84.9 Å². The fourth-order valence-corrected chi connectivity index (χ4v) is 3.23. The van der Waals surface area contributed by atoms with Gasteiger partial charge >= 0.3 is 0 Å². The fraction of sp³-hybridized carbons (Fsp3) is 0.143. The molecule has 114 valence electrons. The monoisotopic (exact) mass is 302 g/mol. The summed E-state index contributed by atoms with van der Waals surface area (Å²) < 4.78 is 6.27. The van der Waals surface area contributed by atoms with E-state index in [1.807, 2.05) is 60.7 Å². The van der Waals surface area contributed by atoms with E-state index >= 15 is 0 Å². The first-order chi connectivity index (χ1) is 11.3. The van der Waals surface area contributed by atoms with E-state index in [9.17, 15) is 5.11 Å². The van der Waals surface area contributed by atoms with Gasteiger partial charge in [0.15, 0.2) is 0 Å². The standard InChI is InChI=1S/C21H18O2/c22-15-16-11-13-17(14-12-16)20-21(23-20,18-7-3-1-4-8-18)19-9-5-2-6-10-19/h1-14,20,22H,15H2/t20-/m0/s1. The van der Waals surface area contributed by atoms with E-state index in [1.165, 1.54) is 11.1 Å². The molecule has 1 atom stereocenters. The number of hydrogen-bond acceptors (Lipinski definition) is 2. The van der Waals surface area contributed by atoms with Crippen molar-refractivity contribution in [1.29, 1.82) is 0 Å². The van der Waals surface area contributed by atoms with Crippen molar-refractivity contribution in [1.82, 2.24) is 0 Å². The van der Waals surface area contributed by atoms with Crippen molar-refractivity contribution in [2.75, 3.05) is 0 Å². The van der Waals surface area contributed by atoms with Crippen molar-refractivity contribution in [2.24, 2.45) is 0 Å². The van der Waals surface area contributed by atoms with Crippen LogP contribution in [0, 0.1) is 0 Å². The summed E-state index contributed by atoms with van der Waals surface area (Å²) in [7, 11) is 0. The number of aliphatic hydroxyl groups is 1. The quantitative estimate of drug-likeness (QED) is 0.733. The first kappa shape index (κ1) is 14.2. The lowest BCUT2D eigenvalue weighted by atomic mass is 9.85. The first-order valence-corrected chi connectivity index (χ1v) is 7.83. The van der Waals surface area contributed by atoms with E-state index in [0.717, 1.165) is 11.1 Å². The Hall–Kier alpha value is -2.42. The minimum Gasteiger partial charge on any atom is -0.392 e. The van der Waals surface area contributed by atoms with Gasteiger partial charge in [-0.25, -0.2) is 0 Å². The average molecular weight is 302 g/mol. The molecule has 1 aliphatic heterocycles. The minimum absolute atomic E-state index is 0.0000397. The van der Waals surface area contributed by atoms with Crippen LogP contribution in [0.25, 0.3) is 0 Å². The normalized spacial score (nSPS) is 18.6. The molecule has 0 spiro atoms. The maximum Gasteiger partial charge on any atom is 0.149 e. The molecule has 3 aromatic rings. The predicted octanol–water partition coefficient (Wildman–Crippen LogP) is 4.19. The summed E-state index contributed by atoms with van der Waals surface area (Å²) in [6.07, 6.45) is 0.0000397. The van der Waals surface area contributed by atoms with E-state index in [4.69, 9.17) is 4.74 Å². The van der Waals surface area contributed by atoms with Gasteiger partial charge in [-0.05, 0) is 22.3 Å². The van der Waals surface area contributed by atoms with Crippen molar-refractivity contribution < 1.29 is 9.84 Å². The molecule has 2 nitrogen and oxygen atoms in total. The topological polar surface area (TPSA) is 32.8 Å². The van der Waals surface area contributed by atoms with Crippen molar-refractivity contribution in [2.45, 2.75) is 18.3 Å². The van der Waals surface area contributed by atoms with Crippen molar-refractivity contribution >= 4 is 0 Å². The van der Waals surface area contributed by atoms with Crippen molar-refractivity contribution in [3.63, 3.8) is 0 Å². The third-order valence-electron chi connectivity index (χ3n) is 4.49. The lowest BCUT2D eigenvalue weighted by molar-refractivity contribution is 0.281. The van der Waals surface area contributed by atoms with Crippen LogP contribution < -0.4 is 0 Å². The number of benzene rings is 3. The van der Waals surface area contributed by atoms with Gasteiger partial charge in [0.25, 0.3) is 0 Å². The minimum atomic E-state index is -0.413. The molecule has 1 heterocycles. The molecular formula is C21H18O2. The molecule has 2 heteroatoms. The maximum atomic E-state index is 9.21. The molecule has 4 rings (SSSR count). The third kappa shape index (κ3) is 2.37. The zero-order valence-corrected chi connectivity index (χ0v) is 12.7. The zero-order chi connectivity index (χ0) is 15.7. The van der Waals surface area contributed by atoms with E-state index in [0.29, 0.717) is 0 Å². The Labute approximate surface area is 136 Å². The summed E-state index contributed by atoms with van der Waals surface area (Å²) in [5.41, 5.74) is 3.97. The number of aliphatic hydroxyl groups excluding tert-OH is 1. The second kappa shape index (κ2) is 5.65. The molecule has 0 aromatic heterocycles. The number of rotatable bonds is 4. The van der Waals surface area contributed by atoms with Crippen LogP contribution in [-0.4, -0.2) is 5.11 Å². The Kier molecular flexibility index (Phi) is 3.49. The molecule has 0 saturated carbocycles. The van der Waals surface area contributed by atoms with E-state index in [2.05, 4.69) is 24.3 Å². The van der Waals surface area contributed by atoms with Gasteiger partial charge in [-0.2, -0.15) is 0 Å². The maximum absolute atomic E-state index is 9.21. The fourth-order valence-electron chi connectivity index (χ4n) is 3.23. The Balaban J connectivity index is 1.77. The summed E-state index contributed by atoms with van der Waals surface area (Å²) >= 11 is 0. The van der Waals surface area contributed by atoms with Crippen LogP contribution >= 0.6 is 0 Å². The smallest absolute Gasteiger partial charge is 0.149 e. The van der Waals surface area contributed by atoms with Gasteiger partial charge in [0, 0.05) is 0 Å². The molecule has 0 amide bonds. The molecule has 1 aliphatic rings. The number of epoxide rings is 1. The Morgan fingerprint density at radius 1 is 0.739 bits per heavy atom. The molecule has 3 aromatic carbocycles. The zero-order valence-electron chi connectivity index (χ0n) is 12.7. The van der Waals surface area contributed by atoms with E-state index in [-0.39, 0.29) is 12.7 Å². The molecule has 23 heavy (non-hydrogen) atoms. The molecule has 1 N–H and O–H groups in total. The third-order valence-corrected chi connectivity index (χ3v) is 4.49. The van der Waals surface area contributed by atoms with Gasteiger partial charge in [-0.1, -0.05) is 84.9 Å². The number of ether oxygens (including phenoxy) is 1. The molecule has 0 unspecified atom stereocenters. The van der Waals surface area contributed by atoms with Gasteiger partial charge in [-0.3, -0.25) is 0 Å². The van der Waals surface area contributed by atoms with Crippen molar-refractivity contribution in [3.05, 3.63) is 107 Å². The summed E-state index contributed by atoms with van der Waals surface area (Å²) in [6.45, 7) is 0.0638. The van der Waals surface area contributed by atoms with Crippen LogP contribution in [0.1, 0.15) is 28.4 Å². The second-order valence-corrected chi connectivity index (χ2v) is 5.87. The SMILES string of the molecule is OCc1ccc([C@@H]2OC2(c2ccccc2)c2ccccc2)cc1. The Morgan fingerprint density at radius 2 is 1.26 bits per heavy atom. The second-order valence-electron chi connectivity index (χ2n) is 5.87. The highest BCUT2D eigenvalue weighted by Gasteiger charge is 2.59. The predicted molar refractivity (Wildman–Crippen MR) is 89.9 cm³/mol. The summed E-state index contributed by atoms with van der Waals surface area (Å²) in [4.78, 5) is 0. The molecule has 0 bridgehead atoms. The average Bonchev–Trinajstić information content (AvgIpc) is 3.40. The van der Waals surface area contributed by atoms with Crippen LogP contribution in [0.2, 0.25) is 0 Å². The van der Waals surface area contributed by atoms with Gasteiger partial charge in [-0.15, -0.1) is 0 Å². The summed E-state index contributed by atoms with van der Waals surface area (Å²) in [6, 6.07) is 28.7. The van der Waals surface area contributed by atoms with Crippen LogP contribution in [0.5, 0.6) is 0 Å². The van der Waals surface area contributed by atoms with Crippen LogP contribution in [-0.2, 0) is 16.9 Å². The molecule has 1 saturated heterocycles.